The minimum Gasteiger partial charge on any atom is -0.546 e. The average molecular weight is 324 g/mol. The zero-order valence-electron chi connectivity index (χ0n) is 12.6. The Kier molecular flexibility index (Phi) is 3.95. The molecule has 0 N–H and O–H groups in total. The molecule has 6 nitrogen and oxygen atoms in total. The number of aryl methyl sites for hydroxylation is 1. The highest BCUT2D eigenvalue weighted by molar-refractivity contribution is 6.03. The largest absolute Gasteiger partial charge is 0.546 e. The molecule has 6 heteroatoms. The molecule has 0 saturated heterocycles. The van der Waals surface area contributed by atoms with Crippen molar-refractivity contribution in [3.63, 3.8) is 0 Å². The van der Waals surface area contributed by atoms with Crippen LogP contribution in [0.4, 0.5) is 0 Å². The van der Waals surface area contributed by atoms with Gasteiger partial charge in [-0.25, -0.2) is 0 Å². The van der Waals surface area contributed by atoms with Gasteiger partial charge in [-0.15, -0.1) is 0 Å². The van der Waals surface area contributed by atoms with Crippen LogP contribution in [0.5, 0.6) is 5.75 Å². The number of carbonyl (C=O) groups is 2. The van der Waals surface area contributed by atoms with E-state index in [0.29, 0.717) is 11.1 Å². The first-order valence-corrected chi connectivity index (χ1v) is 7.14. The number of hydrogen-bond acceptors (Lipinski definition) is 6. The van der Waals surface area contributed by atoms with Gasteiger partial charge in [0.1, 0.15) is 17.1 Å². The Balaban J connectivity index is 2.01. The van der Waals surface area contributed by atoms with E-state index in [1.54, 1.807) is 30.3 Å². The Hall–Kier alpha value is -3.28. The van der Waals surface area contributed by atoms with Gasteiger partial charge in [-0.3, -0.25) is 0 Å². The number of benzene rings is 2. The number of ether oxygens (including phenoxy) is 1. The molecule has 0 radical (unpaired) electrons. The highest BCUT2D eigenvalue weighted by Crippen LogP contribution is 2.30. The van der Waals surface area contributed by atoms with Crippen LogP contribution in [-0.2, 0) is 4.79 Å². The standard InChI is InChI=1S/C18H14O6/c1-10-15(17(19)20)13-9-12(7-8-14(13)23-10)24-16(18(21)22)11-5-3-2-4-6-11/h2-9,16H,1H3,(H,19,20)(H,21,22)/p-2. The fraction of sp³-hybridized carbons (Fsp3) is 0.111. The Morgan fingerprint density at radius 2 is 1.79 bits per heavy atom. The predicted octanol–water partition coefficient (Wildman–Crippen LogP) is 0.975. The fourth-order valence-corrected chi connectivity index (χ4v) is 2.54. The van der Waals surface area contributed by atoms with E-state index in [4.69, 9.17) is 9.15 Å². The van der Waals surface area contributed by atoms with E-state index < -0.39 is 18.0 Å². The van der Waals surface area contributed by atoms with Crippen molar-refractivity contribution in [2.24, 2.45) is 0 Å². The molecule has 122 valence electrons. The van der Waals surface area contributed by atoms with E-state index in [9.17, 15) is 19.8 Å². The molecule has 0 amide bonds. The van der Waals surface area contributed by atoms with Crippen LogP contribution in [0.2, 0.25) is 0 Å². The summed E-state index contributed by atoms with van der Waals surface area (Å²) in [4.78, 5) is 22.6. The molecule has 3 rings (SSSR count). The summed E-state index contributed by atoms with van der Waals surface area (Å²) in [5, 5.41) is 22.9. The molecule has 1 aromatic heterocycles. The number of fused-ring (bicyclic) bond motifs is 1. The maximum Gasteiger partial charge on any atom is 0.163 e. The van der Waals surface area contributed by atoms with Gasteiger partial charge in [0.25, 0.3) is 0 Å². The van der Waals surface area contributed by atoms with Crippen molar-refractivity contribution >= 4 is 22.9 Å². The lowest BCUT2D eigenvalue weighted by Crippen LogP contribution is -2.33. The fourth-order valence-electron chi connectivity index (χ4n) is 2.54. The molecule has 2 aromatic carbocycles. The van der Waals surface area contributed by atoms with E-state index in [1.165, 1.54) is 25.1 Å². The monoisotopic (exact) mass is 324 g/mol. The van der Waals surface area contributed by atoms with Crippen LogP contribution in [0.1, 0.15) is 27.8 Å². The molecule has 0 aliphatic carbocycles. The normalized spacial score (nSPS) is 12.0. The van der Waals surface area contributed by atoms with Crippen molar-refractivity contribution in [1.82, 2.24) is 0 Å². The number of rotatable bonds is 5. The van der Waals surface area contributed by atoms with Crippen LogP contribution >= 0.6 is 0 Å². The first-order chi connectivity index (χ1) is 11.5. The second-order valence-electron chi connectivity index (χ2n) is 5.21. The second kappa shape index (κ2) is 6.08. The van der Waals surface area contributed by atoms with E-state index in [2.05, 4.69) is 0 Å². The molecule has 1 atom stereocenters. The number of hydrogen-bond donors (Lipinski definition) is 0. The first-order valence-electron chi connectivity index (χ1n) is 7.14. The number of aromatic carboxylic acids is 1. The SMILES string of the molecule is Cc1oc2ccc(OC(C(=O)[O-])c3ccccc3)cc2c1C(=O)[O-]. The summed E-state index contributed by atoms with van der Waals surface area (Å²) in [6.45, 7) is 1.51. The summed E-state index contributed by atoms with van der Waals surface area (Å²) in [6.07, 6.45) is -1.32. The van der Waals surface area contributed by atoms with Gasteiger partial charge in [-0.2, -0.15) is 0 Å². The second-order valence-corrected chi connectivity index (χ2v) is 5.21. The van der Waals surface area contributed by atoms with Crippen LogP contribution in [0.3, 0.4) is 0 Å². The summed E-state index contributed by atoms with van der Waals surface area (Å²) in [6, 6.07) is 12.8. The van der Waals surface area contributed by atoms with Crippen molar-refractivity contribution in [3.8, 4) is 5.75 Å². The molecule has 0 bridgehead atoms. The lowest BCUT2D eigenvalue weighted by molar-refractivity contribution is -0.314. The molecule has 0 aliphatic rings. The molecular weight excluding hydrogens is 312 g/mol. The molecule has 24 heavy (non-hydrogen) atoms. The van der Waals surface area contributed by atoms with Gasteiger partial charge in [0.15, 0.2) is 6.10 Å². The van der Waals surface area contributed by atoms with E-state index >= 15 is 0 Å². The molecular formula is C18H12O6-2. The van der Waals surface area contributed by atoms with Crippen LogP contribution in [0, 0.1) is 6.92 Å². The number of carboxylic acids is 2. The Morgan fingerprint density at radius 1 is 1.08 bits per heavy atom. The summed E-state index contributed by atoms with van der Waals surface area (Å²) in [5.41, 5.74) is 0.685. The first kappa shape index (κ1) is 15.6. The molecule has 1 heterocycles. The number of furan rings is 1. The van der Waals surface area contributed by atoms with Gasteiger partial charge in [0, 0.05) is 10.9 Å². The van der Waals surface area contributed by atoms with E-state index in [1.807, 2.05) is 0 Å². The summed E-state index contributed by atoms with van der Waals surface area (Å²) >= 11 is 0. The maximum absolute atomic E-state index is 11.4. The maximum atomic E-state index is 11.4. The predicted molar refractivity (Wildman–Crippen MR) is 80.1 cm³/mol. The van der Waals surface area contributed by atoms with Crippen LogP contribution in [-0.4, -0.2) is 11.9 Å². The third-order valence-corrected chi connectivity index (χ3v) is 3.61. The molecule has 0 saturated carbocycles. The third kappa shape index (κ3) is 2.81. The Bertz CT molecular complexity index is 910. The van der Waals surface area contributed by atoms with E-state index in [0.717, 1.165) is 0 Å². The zero-order chi connectivity index (χ0) is 17.3. The van der Waals surface area contributed by atoms with Crippen LogP contribution in [0.25, 0.3) is 11.0 Å². The average Bonchev–Trinajstić information content (AvgIpc) is 2.88. The van der Waals surface area contributed by atoms with Crippen molar-refractivity contribution in [2.75, 3.05) is 0 Å². The van der Waals surface area contributed by atoms with Crippen molar-refractivity contribution in [2.45, 2.75) is 13.0 Å². The van der Waals surface area contributed by atoms with Crippen molar-refractivity contribution in [3.05, 3.63) is 65.4 Å². The Labute approximate surface area is 136 Å². The van der Waals surface area contributed by atoms with Gasteiger partial charge < -0.3 is 29.0 Å². The van der Waals surface area contributed by atoms with Gasteiger partial charge >= 0.3 is 0 Å². The Morgan fingerprint density at radius 3 is 2.42 bits per heavy atom. The van der Waals surface area contributed by atoms with Crippen LogP contribution in [0.15, 0.2) is 52.9 Å². The lowest BCUT2D eigenvalue weighted by Gasteiger charge is -2.20. The quantitative estimate of drug-likeness (QED) is 0.693. The van der Waals surface area contributed by atoms with Gasteiger partial charge in [-0.1, -0.05) is 30.3 Å². The summed E-state index contributed by atoms with van der Waals surface area (Å²) in [7, 11) is 0. The molecule has 3 aromatic rings. The minimum absolute atomic E-state index is 0.0832. The summed E-state index contributed by atoms with van der Waals surface area (Å²) in [5.74, 6) is -2.38. The molecule has 1 unspecified atom stereocenters. The minimum atomic E-state index is -1.40. The zero-order valence-corrected chi connectivity index (χ0v) is 12.6. The van der Waals surface area contributed by atoms with Crippen molar-refractivity contribution < 1.29 is 29.0 Å². The third-order valence-electron chi connectivity index (χ3n) is 3.61. The lowest BCUT2D eigenvalue weighted by atomic mass is 10.1. The number of aliphatic carboxylic acids is 1. The van der Waals surface area contributed by atoms with Crippen LogP contribution < -0.4 is 14.9 Å². The highest BCUT2D eigenvalue weighted by Gasteiger charge is 2.17. The number of carbonyl (C=O) groups excluding carboxylic acids is 2. The van der Waals surface area contributed by atoms with Crippen molar-refractivity contribution in [1.29, 1.82) is 0 Å². The highest BCUT2D eigenvalue weighted by atomic mass is 16.5. The molecule has 0 fully saturated rings. The summed E-state index contributed by atoms with van der Waals surface area (Å²) < 4.78 is 10.8. The smallest absolute Gasteiger partial charge is 0.163 e. The molecule has 0 aliphatic heterocycles. The van der Waals surface area contributed by atoms with E-state index in [-0.39, 0.29) is 22.5 Å². The number of carboxylic acid groups (broad SMARTS) is 2. The van der Waals surface area contributed by atoms with Gasteiger partial charge in [-0.05, 0) is 30.7 Å². The molecule has 0 spiro atoms. The van der Waals surface area contributed by atoms with Gasteiger partial charge in [0.2, 0.25) is 0 Å². The topological polar surface area (TPSA) is 103 Å². The van der Waals surface area contributed by atoms with Gasteiger partial charge in [0.05, 0.1) is 11.9 Å².